The average molecular weight is 360 g/mol. The zero-order valence-corrected chi connectivity index (χ0v) is 15.9. The Labute approximate surface area is 154 Å². The molecule has 7 heteroatoms. The summed E-state index contributed by atoms with van der Waals surface area (Å²) in [6.45, 7) is 5.03. The van der Waals surface area contributed by atoms with Gasteiger partial charge in [0.1, 0.15) is 0 Å². The molecule has 1 aliphatic rings. The SMILES string of the molecule is CC(C)N1CC(C(=O)NCCNC(=O)c2ccc(N(C)C)cc2)CC1=O. The van der Waals surface area contributed by atoms with Gasteiger partial charge in [-0.2, -0.15) is 0 Å². The average Bonchev–Trinajstić information content (AvgIpc) is 3.00. The van der Waals surface area contributed by atoms with Gasteiger partial charge in [-0.1, -0.05) is 0 Å². The van der Waals surface area contributed by atoms with E-state index in [1.165, 1.54) is 0 Å². The molecule has 1 aromatic rings. The lowest BCUT2D eigenvalue weighted by molar-refractivity contribution is -0.129. The first kappa shape index (κ1) is 19.8. The van der Waals surface area contributed by atoms with Crippen LogP contribution < -0.4 is 15.5 Å². The molecule has 7 nitrogen and oxygen atoms in total. The van der Waals surface area contributed by atoms with Crippen molar-refractivity contribution < 1.29 is 14.4 Å². The maximum absolute atomic E-state index is 12.2. The van der Waals surface area contributed by atoms with Crippen LogP contribution in [0.25, 0.3) is 0 Å². The fourth-order valence-corrected chi connectivity index (χ4v) is 2.93. The fourth-order valence-electron chi connectivity index (χ4n) is 2.93. The highest BCUT2D eigenvalue weighted by atomic mass is 16.2. The van der Waals surface area contributed by atoms with Crippen LogP contribution in [0.3, 0.4) is 0 Å². The summed E-state index contributed by atoms with van der Waals surface area (Å²) in [4.78, 5) is 39.8. The van der Waals surface area contributed by atoms with E-state index in [-0.39, 0.29) is 36.1 Å². The van der Waals surface area contributed by atoms with Crippen LogP contribution in [0, 0.1) is 5.92 Å². The molecular formula is C19H28N4O3. The maximum atomic E-state index is 12.2. The number of nitrogens with one attached hydrogen (secondary N) is 2. The molecule has 1 aromatic carbocycles. The molecule has 1 heterocycles. The number of hydrogen-bond donors (Lipinski definition) is 2. The summed E-state index contributed by atoms with van der Waals surface area (Å²) >= 11 is 0. The number of amides is 3. The fraction of sp³-hybridized carbons (Fsp3) is 0.526. The van der Waals surface area contributed by atoms with E-state index in [9.17, 15) is 14.4 Å². The summed E-state index contributed by atoms with van der Waals surface area (Å²) in [6, 6.07) is 7.42. The molecule has 2 N–H and O–H groups in total. The van der Waals surface area contributed by atoms with Gasteiger partial charge in [-0.05, 0) is 38.1 Å². The van der Waals surface area contributed by atoms with E-state index in [4.69, 9.17) is 0 Å². The second-order valence-corrected chi connectivity index (χ2v) is 7.03. The highest BCUT2D eigenvalue weighted by molar-refractivity contribution is 5.94. The molecule has 3 amide bonds. The summed E-state index contributed by atoms with van der Waals surface area (Å²) in [7, 11) is 3.88. The van der Waals surface area contributed by atoms with Crippen molar-refractivity contribution in [1.29, 1.82) is 0 Å². The molecule has 1 saturated heterocycles. The van der Waals surface area contributed by atoms with E-state index >= 15 is 0 Å². The summed E-state index contributed by atoms with van der Waals surface area (Å²) in [5, 5.41) is 5.58. The second-order valence-electron chi connectivity index (χ2n) is 7.03. The first-order chi connectivity index (χ1) is 12.3. The van der Waals surface area contributed by atoms with E-state index in [1.807, 2.05) is 45.0 Å². The Balaban J connectivity index is 1.72. The quantitative estimate of drug-likeness (QED) is 0.707. The van der Waals surface area contributed by atoms with Gasteiger partial charge in [0.25, 0.3) is 5.91 Å². The van der Waals surface area contributed by atoms with Crippen LogP contribution in [-0.4, -0.2) is 62.4 Å². The first-order valence-electron chi connectivity index (χ1n) is 8.92. The Kier molecular flexibility index (Phi) is 6.60. The Bertz CT molecular complexity index is 655. The molecule has 26 heavy (non-hydrogen) atoms. The minimum Gasteiger partial charge on any atom is -0.378 e. The van der Waals surface area contributed by atoms with Crippen molar-refractivity contribution in [1.82, 2.24) is 15.5 Å². The zero-order chi connectivity index (χ0) is 19.3. The lowest BCUT2D eigenvalue weighted by atomic mass is 10.1. The maximum Gasteiger partial charge on any atom is 0.251 e. The van der Waals surface area contributed by atoms with Gasteiger partial charge in [-0.15, -0.1) is 0 Å². The van der Waals surface area contributed by atoms with Gasteiger partial charge in [-0.3, -0.25) is 14.4 Å². The van der Waals surface area contributed by atoms with Crippen LogP contribution in [-0.2, 0) is 9.59 Å². The van der Waals surface area contributed by atoms with Gasteiger partial charge in [0.15, 0.2) is 0 Å². The molecule has 0 radical (unpaired) electrons. The summed E-state index contributed by atoms with van der Waals surface area (Å²) in [5.74, 6) is -0.591. The molecule has 1 atom stereocenters. The van der Waals surface area contributed by atoms with Crippen molar-refractivity contribution >= 4 is 23.4 Å². The van der Waals surface area contributed by atoms with Gasteiger partial charge in [-0.25, -0.2) is 0 Å². The minimum atomic E-state index is -0.306. The monoisotopic (exact) mass is 360 g/mol. The predicted molar refractivity (Wildman–Crippen MR) is 101 cm³/mol. The molecule has 1 unspecified atom stereocenters. The van der Waals surface area contributed by atoms with E-state index in [0.717, 1.165) is 5.69 Å². The van der Waals surface area contributed by atoms with E-state index in [1.54, 1.807) is 17.0 Å². The Morgan fingerprint density at radius 2 is 1.77 bits per heavy atom. The number of hydrogen-bond acceptors (Lipinski definition) is 4. The van der Waals surface area contributed by atoms with Crippen LogP contribution in [0.15, 0.2) is 24.3 Å². The van der Waals surface area contributed by atoms with Gasteiger partial charge in [0.05, 0.1) is 5.92 Å². The third-order valence-corrected chi connectivity index (χ3v) is 4.51. The van der Waals surface area contributed by atoms with E-state index in [0.29, 0.717) is 25.2 Å². The van der Waals surface area contributed by atoms with Crippen LogP contribution in [0.2, 0.25) is 0 Å². The van der Waals surface area contributed by atoms with Crippen LogP contribution in [0.5, 0.6) is 0 Å². The topological polar surface area (TPSA) is 81.8 Å². The molecular weight excluding hydrogens is 332 g/mol. The predicted octanol–water partition coefficient (Wildman–Crippen LogP) is 0.856. The number of carbonyl (C=O) groups excluding carboxylic acids is 3. The number of likely N-dealkylation sites (tertiary alicyclic amines) is 1. The van der Waals surface area contributed by atoms with Gasteiger partial charge in [0.2, 0.25) is 11.8 Å². The van der Waals surface area contributed by atoms with Crippen LogP contribution in [0.1, 0.15) is 30.6 Å². The van der Waals surface area contributed by atoms with Crippen molar-refractivity contribution in [2.24, 2.45) is 5.92 Å². The van der Waals surface area contributed by atoms with Crippen LogP contribution >= 0.6 is 0 Å². The van der Waals surface area contributed by atoms with Gasteiger partial charge < -0.3 is 20.4 Å². The standard InChI is InChI=1S/C19H28N4O3/c1-13(2)23-12-15(11-17(23)24)19(26)21-10-9-20-18(25)14-5-7-16(8-6-14)22(3)4/h5-8,13,15H,9-12H2,1-4H3,(H,20,25)(H,21,26). The van der Waals surface area contributed by atoms with Gasteiger partial charge in [0, 0.05) is 57.4 Å². The zero-order valence-electron chi connectivity index (χ0n) is 15.9. The Morgan fingerprint density at radius 1 is 1.15 bits per heavy atom. The molecule has 0 bridgehead atoms. The highest BCUT2D eigenvalue weighted by Gasteiger charge is 2.35. The van der Waals surface area contributed by atoms with Crippen molar-refractivity contribution in [3.05, 3.63) is 29.8 Å². The smallest absolute Gasteiger partial charge is 0.251 e. The lowest BCUT2D eigenvalue weighted by Gasteiger charge is -2.20. The molecule has 2 rings (SSSR count). The largest absolute Gasteiger partial charge is 0.378 e. The summed E-state index contributed by atoms with van der Waals surface area (Å²) in [5.41, 5.74) is 1.60. The number of rotatable bonds is 7. The number of benzene rings is 1. The van der Waals surface area contributed by atoms with Crippen molar-refractivity contribution in [3.63, 3.8) is 0 Å². The molecule has 0 saturated carbocycles. The number of nitrogens with zero attached hydrogens (tertiary/aromatic N) is 2. The normalized spacial score (nSPS) is 16.7. The highest BCUT2D eigenvalue weighted by Crippen LogP contribution is 2.20. The van der Waals surface area contributed by atoms with Crippen molar-refractivity contribution in [2.45, 2.75) is 26.3 Å². The Morgan fingerprint density at radius 3 is 2.31 bits per heavy atom. The number of carbonyl (C=O) groups is 3. The first-order valence-corrected chi connectivity index (χ1v) is 8.92. The Hall–Kier alpha value is -2.57. The third kappa shape index (κ3) is 4.97. The second kappa shape index (κ2) is 8.69. The molecule has 1 fully saturated rings. The molecule has 0 aliphatic carbocycles. The molecule has 142 valence electrons. The third-order valence-electron chi connectivity index (χ3n) is 4.51. The molecule has 0 spiro atoms. The molecule has 0 aromatic heterocycles. The van der Waals surface area contributed by atoms with Gasteiger partial charge >= 0.3 is 0 Å². The summed E-state index contributed by atoms with van der Waals surface area (Å²) < 4.78 is 0. The summed E-state index contributed by atoms with van der Waals surface area (Å²) in [6.07, 6.45) is 0.259. The van der Waals surface area contributed by atoms with E-state index in [2.05, 4.69) is 10.6 Å². The van der Waals surface area contributed by atoms with Crippen LogP contribution in [0.4, 0.5) is 5.69 Å². The lowest BCUT2D eigenvalue weighted by Crippen LogP contribution is -2.39. The molecule has 1 aliphatic heterocycles. The van der Waals surface area contributed by atoms with Crippen molar-refractivity contribution in [3.8, 4) is 0 Å². The number of anilines is 1. The minimum absolute atomic E-state index is 0.0228. The van der Waals surface area contributed by atoms with Crippen molar-refractivity contribution in [2.75, 3.05) is 38.6 Å². The van der Waals surface area contributed by atoms with E-state index < -0.39 is 0 Å².